The summed E-state index contributed by atoms with van der Waals surface area (Å²) in [5.74, 6) is 1.74. The van der Waals surface area contributed by atoms with Crippen molar-refractivity contribution in [2.75, 3.05) is 44.3 Å². The minimum atomic E-state index is -3.38. The Morgan fingerprint density at radius 1 is 1.10 bits per heavy atom. The summed E-state index contributed by atoms with van der Waals surface area (Å²) in [6.45, 7) is 4.11. The summed E-state index contributed by atoms with van der Waals surface area (Å²) in [5, 5.41) is 12.3. The number of piperidine rings is 1. The van der Waals surface area contributed by atoms with Gasteiger partial charge in [0.2, 0.25) is 16.0 Å². The summed E-state index contributed by atoms with van der Waals surface area (Å²) in [5.41, 5.74) is 2.44. The Balaban J connectivity index is 1.33. The fraction of sp³-hybridized carbons (Fsp3) is 0.619. The van der Waals surface area contributed by atoms with Gasteiger partial charge in [-0.05, 0) is 55.5 Å². The van der Waals surface area contributed by atoms with Crippen LogP contribution < -0.4 is 5.32 Å². The number of sulfonamides is 1. The average molecular weight is 465 g/mol. The summed E-state index contributed by atoms with van der Waals surface area (Å²) >= 11 is 1.72. The van der Waals surface area contributed by atoms with Crippen LogP contribution in [-0.2, 0) is 30.0 Å². The second-order valence-corrected chi connectivity index (χ2v) is 11.2. The summed E-state index contributed by atoms with van der Waals surface area (Å²) < 4.78 is 29.7. The van der Waals surface area contributed by atoms with Gasteiger partial charge in [-0.2, -0.15) is 4.31 Å². The molecule has 0 bridgehead atoms. The van der Waals surface area contributed by atoms with Gasteiger partial charge in [0.25, 0.3) is 0 Å². The molecule has 2 aliphatic heterocycles. The predicted molar refractivity (Wildman–Crippen MR) is 124 cm³/mol. The van der Waals surface area contributed by atoms with E-state index in [1.165, 1.54) is 5.56 Å². The first-order valence-electron chi connectivity index (χ1n) is 11.0. The molecule has 1 N–H and O–H groups in total. The van der Waals surface area contributed by atoms with Crippen molar-refractivity contribution < 1.29 is 8.42 Å². The standard InChI is InChI=1S/C21H32N6O2S2/c1-22-20-23-24-21(25(20)2)30-14-6-10-26-13-9-17-7-8-19(15-18(17)16-26)31(28,29)27-11-4-3-5-12-27/h7-8,15H,3-6,9-14,16H2,1-2H3,(H,22,23). The van der Waals surface area contributed by atoms with Crippen LogP contribution in [-0.4, -0.2) is 71.4 Å². The largest absolute Gasteiger partial charge is 0.357 e. The Bertz CT molecular complexity index is 1000. The molecule has 170 valence electrons. The molecule has 1 aromatic heterocycles. The Morgan fingerprint density at radius 2 is 1.90 bits per heavy atom. The second-order valence-electron chi connectivity index (χ2n) is 8.24. The summed E-state index contributed by atoms with van der Waals surface area (Å²) in [6, 6.07) is 5.74. The molecule has 31 heavy (non-hydrogen) atoms. The van der Waals surface area contributed by atoms with Gasteiger partial charge in [0.1, 0.15) is 0 Å². The SMILES string of the molecule is CNc1nnc(SCCCN2CCc3ccc(S(=O)(=O)N4CCCCC4)cc3C2)n1C. The van der Waals surface area contributed by atoms with E-state index in [0.29, 0.717) is 18.0 Å². The zero-order chi connectivity index (χ0) is 21.8. The number of aromatic nitrogens is 3. The van der Waals surface area contributed by atoms with Crippen LogP contribution >= 0.6 is 11.8 Å². The molecule has 10 heteroatoms. The minimum absolute atomic E-state index is 0.452. The van der Waals surface area contributed by atoms with Crippen molar-refractivity contribution in [1.29, 1.82) is 0 Å². The summed E-state index contributed by atoms with van der Waals surface area (Å²) in [4.78, 5) is 2.88. The molecule has 0 radical (unpaired) electrons. The molecule has 0 unspecified atom stereocenters. The average Bonchev–Trinajstić information content (AvgIpc) is 3.16. The number of benzene rings is 1. The molecule has 0 saturated carbocycles. The van der Waals surface area contributed by atoms with Gasteiger partial charge < -0.3 is 5.32 Å². The lowest BCUT2D eigenvalue weighted by Gasteiger charge is -2.30. The lowest BCUT2D eigenvalue weighted by atomic mass is 10.00. The molecule has 3 heterocycles. The highest BCUT2D eigenvalue weighted by Gasteiger charge is 2.27. The lowest BCUT2D eigenvalue weighted by molar-refractivity contribution is 0.255. The first-order valence-corrected chi connectivity index (χ1v) is 13.5. The zero-order valence-electron chi connectivity index (χ0n) is 18.4. The van der Waals surface area contributed by atoms with Gasteiger partial charge in [0, 0.05) is 46.0 Å². The van der Waals surface area contributed by atoms with Crippen LogP contribution in [0, 0.1) is 0 Å². The van der Waals surface area contributed by atoms with E-state index in [4.69, 9.17) is 0 Å². The maximum absolute atomic E-state index is 13.0. The molecule has 2 aliphatic rings. The lowest BCUT2D eigenvalue weighted by Crippen LogP contribution is -2.36. The Hall–Kier alpha value is -1.62. The molecule has 8 nitrogen and oxygen atoms in total. The van der Waals surface area contributed by atoms with Gasteiger partial charge in [-0.3, -0.25) is 9.47 Å². The quantitative estimate of drug-likeness (QED) is 0.475. The van der Waals surface area contributed by atoms with Crippen molar-refractivity contribution >= 4 is 27.7 Å². The molecule has 1 fully saturated rings. The fourth-order valence-corrected chi connectivity index (χ4v) is 6.71. The monoisotopic (exact) mass is 464 g/mol. The number of thioether (sulfide) groups is 1. The predicted octanol–water partition coefficient (Wildman–Crippen LogP) is 2.57. The van der Waals surface area contributed by atoms with Crippen molar-refractivity contribution in [3.05, 3.63) is 29.3 Å². The molecule has 0 atom stereocenters. The molecule has 1 saturated heterocycles. The number of nitrogens with one attached hydrogen (secondary N) is 1. The third-order valence-electron chi connectivity index (χ3n) is 6.13. The molecular formula is C21H32N6O2S2. The topological polar surface area (TPSA) is 83.4 Å². The van der Waals surface area contributed by atoms with Crippen molar-refractivity contribution in [2.45, 2.75) is 48.7 Å². The summed E-state index contributed by atoms with van der Waals surface area (Å²) in [7, 11) is 0.429. The van der Waals surface area contributed by atoms with Crippen LogP contribution in [0.2, 0.25) is 0 Å². The Labute approximate surface area is 189 Å². The van der Waals surface area contributed by atoms with Gasteiger partial charge in [-0.1, -0.05) is 24.2 Å². The molecule has 0 aliphatic carbocycles. The van der Waals surface area contributed by atoms with Crippen LogP contribution in [0.3, 0.4) is 0 Å². The molecule has 1 aromatic carbocycles. The Morgan fingerprint density at radius 3 is 2.65 bits per heavy atom. The number of anilines is 1. The molecule has 0 amide bonds. The fourth-order valence-electron chi connectivity index (χ4n) is 4.31. The van der Waals surface area contributed by atoms with E-state index in [2.05, 4.69) is 20.4 Å². The number of hydrogen-bond donors (Lipinski definition) is 1. The second kappa shape index (κ2) is 9.89. The van der Waals surface area contributed by atoms with Crippen molar-refractivity contribution in [3.63, 3.8) is 0 Å². The maximum atomic E-state index is 13.0. The van der Waals surface area contributed by atoms with E-state index in [1.807, 2.05) is 30.8 Å². The molecule has 2 aromatic rings. The van der Waals surface area contributed by atoms with Gasteiger partial charge >= 0.3 is 0 Å². The summed E-state index contributed by atoms with van der Waals surface area (Å²) in [6.07, 6.45) is 5.06. The third-order valence-corrected chi connectivity index (χ3v) is 9.13. The number of nitrogens with zero attached hydrogens (tertiary/aromatic N) is 5. The molecule has 0 spiro atoms. The van der Waals surface area contributed by atoms with Crippen LogP contribution in [0.1, 0.15) is 36.8 Å². The van der Waals surface area contributed by atoms with Crippen LogP contribution in [0.5, 0.6) is 0 Å². The number of fused-ring (bicyclic) bond motifs is 1. The number of hydrogen-bond acceptors (Lipinski definition) is 7. The van der Waals surface area contributed by atoms with Gasteiger partial charge in [-0.25, -0.2) is 8.42 Å². The number of rotatable bonds is 8. The first-order chi connectivity index (χ1) is 15.0. The van der Waals surface area contributed by atoms with Gasteiger partial charge in [0.05, 0.1) is 4.90 Å². The first kappa shape index (κ1) is 22.6. The van der Waals surface area contributed by atoms with Crippen LogP contribution in [0.25, 0.3) is 0 Å². The third kappa shape index (κ3) is 5.08. The molecular weight excluding hydrogens is 432 g/mol. The van der Waals surface area contributed by atoms with Gasteiger partial charge in [0.15, 0.2) is 5.16 Å². The van der Waals surface area contributed by atoms with E-state index >= 15 is 0 Å². The van der Waals surface area contributed by atoms with Gasteiger partial charge in [-0.15, -0.1) is 10.2 Å². The minimum Gasteiger partial charge on any atom is -0.357 e. The highest BCUT2D eigenvalue weighted by atomic mass is 32.2. The van der Waals surface area contributed by atoms with E-state index in [1.54, 1.807) is 22.1 Å². The van der Waals surface area contributed by atoms with Crippen molar-refractivity contribution in [2.24, 2.45) is 7.05 Å². The van der Waals surface area contributed by atoms with E-state index < -0.39 is 10.0 Å². The van der Waals surface area contributed by atoms with E-state index in [0.717, 1.165) is 74.2 Å². The normalized spacial score (nSPS) is 18.1. The van der Waals surface area contributed by atoms with Crippen LogP contribution in [0.4, 0.5) is 5.95 Å². The van der Waals surface area contributed by atoms with Crippen molar-refractivity contribution in [1.82, 2.24) is 24.0 Å². The maximum Gasteiger partial charge on any atom is 0.243 e. The van der Waals surface area contributed by atoms with Crippen molar-refractivity contribution in [3.8, 4) is 0 Å². The zero-order valence-corrected chi connectivity index (χ0v) is 20.0. The van der Waals surface area contributed by atoms with E-state index in [9.17, 15) is 8.42 Å². The highest BCUT2D eigenvalue weighted by molar-refractivity contribution is 7.99. The Kier molecular flexibility index (Phi) is 7.20. The highest BCUT2D eigenvalue weighted by Crippen LogP contribution is 2.26. The van der Waals surface area contributed by atoms with Crippen LogP contribution in [0.15, 0.2) is 28.3 Å². The smallest absolute Gasteiger partial charge is 0.243 e. The van der Waals surface area contributed by atoms with E-state index in [-0.39, 0.29) is 0 Å². The molecule has 4 rings (SSSR count).